The maximum absolute atomic E-state index is 8.88. The standard InChI is InChI=1S/C15H18N4OS/c1-10-12-5-8-21-13(12)4-7-19(10)9-11-3-2-6-17-14(11)15(16)18-20/h2-3,5-6,8,10,20H,4,7,9H2,1H3,(H2,16,18). The van der Waals surface area contributed by atoms with Crippen LogP contribution >= 0.6 is 11.3 Å². The number of hydrogen-bond donors (Lipinski definition) is 2. The topological polar surface area (TPSA) is 74.7 Å². The summed E-state index contributed by atoms with van der Waals surface area (Å²) < 4.78 is 0. The van der Waals surface area contributed by atoms with Crippen LogP contribution in [0.1, 0.15) is 34.7 Å². The Morgan fingerprint density at radius 1 is 1.57 bits per heavy atom. The van der Waals surface area contributed by atoms with E-state index in [-0.39, 0.29) is 5.84 Å². The van der Waals surface area contributed by atoms with Crippen LogP contribution in [-0.2, 0) is 13.0 Å². The fraction of sp³-hybridized carbons (Fsp3) is 0.333. The molecule has 3 rings (SSSR count). The van der Waals surface area contributed by atoms with Crippen LogP contribution in [-0.4, -0.2) is 27.5 Å². The first-order valence-electron chi connectivity index (χ1n) is 6.93. The SMILES string of the molecule is CC1c2ccsc2CCN1Cc1cccnc1C(N)=NO. The fourth-order valence-electron chi connectivity index (χ4n) is 2.84. The summed E-state index contributed by atoms with van der Waals surface area (Å²) in [5.74, 6) is 0.0616. The van der Waals surface area contributed by atoms with Crippen molar-refractivity contribution >= 4 is 17.2 Å². The molecule has 0 spiro atoms. The zero-order chi connectivity index (χ0) is 14.8. The molecule has 1 unspecified atom stereocenters. The summed E-state index contributed by atoms with van der Waals surface area (Å²) in [5.41, 5.74) is 8.68. The molecule has 6 heteroatoms. The van der Waals surface area contributed by atoms with Gasteiger partial charge in [0.2, 0.25) is 0 Å². The van der Waals surface area contributed by atoms with Crippen molar-refractivity contribution in [3.8, 4) is 0 Å². The Balaban J connectivity index is 1.85. The Morgan fingerprint density at radius 2 is 2.43 bits per heavy atom. The van der Waals surface area contributed by atoms with Crippen LogP contribution in [0.3, 0.4) is 0 Å². The van der Waals surface area contributed by atoms with Gasteiger partial charge in [0.25, 0.3) is 0 Å². The van der Waals surface area contributed by atoms with Gasteiger partial charge in [-0.1, -0.05) is 11.2 Å². The lowest BCUT2D eigenvalue weighted by Crippen LogP contribution is -2.33. The molecule has 0 saturated heterocycles. The summed E-state index contributed by atoms with van der Waals surface area (Å²) in [5, 5.41) is 14.1. The van der Waals surface area contributed by atoms with Crippen LogP contribution in [0.4, 0.5) is 0 Å². The van der Waals surface area contributed by atoms with Crippen LogP contribution in [0.5, 0.6) is 0 Å². The van der Waals surface area contributed by atoms with Gasteiger partial charge >= 0.3 is 0 Å². The van der Waals surface area contributed by atoms with E-state index in [2.05, 4.69) is 33.4 Å². The van der Waals surface area contributed by atoms with Gasteiger partial charge in [-0.2, -0.15) is 0 Å². The molecule has 0 aliphatic carbocycles. The van der Waals surface area contributed by atoms with Gasteiger partial charge in [-0.25, -0.2) is 0 Å². The van der Waals surface area contributed by atoms with E-state index < -0.39 is 0 Å². The second-order valence-electron chi connectivity index (χ2n) is 5.19. The lowest BCUT2D eigenvalue weighted by molar-refractivity contribution is 0.191. The number of nitrogens with zero attached hydrogens (tertiary/aromatic N) is 3. The molecule has 0 radical (unpaired) electrons. The van der Waals surface area contributed by atoms with E-state index in [1.165, 1.54) is 10.4 Å². The monoisotopic (exact) mass is 302 g/mol. The molecule has 2 aromatic heterocycles. The molecule has 3 N–H and O–H groups in total. The van der Waals surface area contributed by atoms with Crippen molar-refractivity contribution in [3.05, 3.63) is 51.5 Å². The number of rotatable bonds is 3. The third-order valence-corrected chi connectivity index (χ3v) is 5.02. The predicted octanol–water partition coefficient (Wildman–Crippen LogP) is 2.36. The normalized spacial score (nSPS) is 19.5. The van der Waals surface area contributed by atoms with Gasteiger partial charge in [0, 0.05) is 30.2 Å². The largest absolute Gasteiger partial charge is 0.409 e. The molecule has 21 heavy (non-hydrogen) atoms. The quantitative estimate of drug-likeness (QED) is 0.395. The summed E-state index contributed by atoms with van der Waals surface area (Å²) >= 11 is 1.84. The minimum Gasteiger partial charge on any atom is -0.409 e. The van der Waals surface area contributed by atoms with Crippen LogP contribution < -0.4 is 5.73 Å². The number of thiophene rings is 1. The van der Waals surface area contributed by atoms with Gasteiger partial charge in [0.15, 0.2) is 5.84 Å². The summed E-state index contributed by atoms with van der Waals surface area (Å²) in [7, 11) is 0. The average Bonchev–Trinajstić information content (AvgIpc) is 2.99. The Bertz CT molecular complexity index is 667. The van der Waals surface area contributed by atoms with Gasteiger partial charge in [-0.15, -0.1) is 11.3 Å². The molecule has 1 aliphatic heterocycles. The number of oxime groups is 1. The lowest BCUT2D eigenvalue weighted by atomic mass is 10.0. The maximum atomic E-state index is 8.88. The Hall–Kier alpha value is -1.92. The third kappa shape index (κ3) is 2.64. The van der Waals surface area contributed by atoms with Crippen molar-refractivity contribution < 1.29 is 5.21 Å². The number of pyridine rings is 1. The van der Waals surface area contributed by atoms with Crippen molar-refractivity contribution in [3.63, 3.8) is 0 Å². The van der Waals surface area contributed by atoms with E-state index in [0.29, 0.717) is 11.7 Å². The van der Waals surface area contributed by atoms with E-state index in [4.69, 9.17) is 10.9 Å². The fourth-order valence-corrected chi connectivity index (χ4v) is 3.80. The molecular formula is C15H18N4OS. The number of nitrogens with two attached hydrogens (primary N) is 1. The average molecular weight is 302 g/mol. The molecular weight excluding hydrogens is 284 g/mol. The Morgan fingerprint density at radius 3 is 3.24 bits per heavy atom. The number of amidine groups is 1. The van der Waals surface area contributed by atoms with Crippen molar-refractivity contribution in [1.29, 1.82) is 0 Å². The molecule has 0 saturated carbocycles. The molecule has 1 atom stereocenters. The molecule has 0 aromatic carbocycles. The highest BCUT2D eigenvalue weighted by Crippen LogP contribution is 2.33. The van der Waals surface area contributed by atoms with E-state index >= 15 is 0 Å². The second-order valence-corrected chi connectivity index (χ2v) is 6.19. The van der Waals surface area contributed by atoms with E-state index in [0.717, 1.165) is 25.1 Å². The molecule has 3 heterocycles. The van der Waals surface area contributed by atoms with Gasteiger partial charge < -0.3 is 10.9 Å². The smallest absolute Gasteiger partial charge is 0.189 e. The molecule has 5 nitrogen and oxygen atoms in total. The van der Waals surface area contributed by atoms with Crippen LogP contribution in [0, 0.1) is 0 Å². The van der Waals surface area contributed by atoms with Gasteiger partial charge in [0.05, 0.1) is 0 Å². The highest BCUT2D eigenvalue weighted by atomic mass is 32.1. The van der Waals surface area contributed by atoms with Gasteiger partial charge in [-0.3, -0.25) is 9.88 Å². The third-order valence-electron chi connectivity index (χ3n) is 4.02. The summed E-state index contributed by atoms with van der Waals surface area (Å²) in [6.45, 7) is 3.99. The lowest BCUT2D eigenvalue weighted by Gasteiger charge is -2.33. The summed E-state index contributed by atoms with van der Waals surface area (Å²) in [4.78, 5) is 8.12. The Kier molecular flexibility index (Phi) is 3.90. The number of aromatic nitrogens is 1. The zero-order valence-electron chi connectivity index (χ0n) is 11.9. The first-order chi connectivity index (χ1) is 10.2. The van der Waals surface area contributed by atoms with E-state index in [1.54, 1.807) is 6.20 Å². The second kappa shape index (κ2) is 5.83. The first kappa shape index (κ1) is 14.0. The first-order valence-corrected chi connectivity index (χ1v) is 7.80. The van der Waals surface area contributed by atoms with Gasteiger partial charge in [-0.05, 0) is 42.0 Å². The zero-order valence-corrected chi connectivity index (χ0v) is 12.7. The summed E-state index contributed by atoms with van der Waals surface area (Å²) in [6.07, 6.45) is 2.74. The number of fused-ring (bicyclic) bond motifs is 1. The van der Waals surface area contributed by atoms with Gasteiger partial charge in [0.1, 0.15) is 5.69 Å². The van der Waals surface area contributed by atoms with Crippen molar-refractivity contribution in [1.82, 2.24) is 9.88 Å². The van der Waals surface area contributed by atoms with Crippen LogP contribution in [0.2, 0.25) is 0 Å². The van der Waals surface area contributed by atoms with Crippen molar-refractivity contribution in [2.75, 3.05) is 6.54 Å². The highest BCUT2D eigenvalue weighted by Gasteiger charge is 2.25. The van der Waals surface area contributed by atoms with Crippen LogP contribution in [0.15, 0.2) is 34.9 Å². The molecule has 1 aliphatic rings. The predicted molar refractivity (Wildman–Crippen MR) is 83.6 cm³/mol. The summed E-state index contributed by atoms with van der Waals surface area (Å²) in [6, 6.07) is 6.45. The van der Waals surface area contributed by atoms with E-state index in [9.17, 15) is 0 Å². The van der Waals surface area contributed by atoms with E-state index in [1.807, 2.05) is 23.5 Å². The van der Waals surface area contributed by atoms with Crippen molar-refractivity contribution in [2.24, 2.45) is 10.9 Å². The molecule has 0 fully saturated rings. The number of hydrogen-bond acceptors (Lipinski definition) is 5. The molecule has 0 bridgehead atoms. The molecule has 0 amide bonds. The highest BCUT2D eigenvalue weighted by molar-refractivity contribution is 7.10. The maximum Gasteiger partial charge on any atom is 0.189 e. The Labute approximate surface area is 127 Å². The minimum atomic E-state index is 0.0616. The van der Waals surface area contributed by atoms with Crippen LogP contribution in [0.25, 0.3) is 0 Å². The van der Waals surface area contributed by atoms with Crippen molar-refractivity contribution in [2.45, 2.75) is 25.9 Å². The molecule has 110 valence electrons. The molecule has 2 aromatic rings. The minimum absolute atomic E-state index is 0.0616.